The molecule has 0 spiro atoms. The van der Waals surface area contributed by atoms with Crippen LogP contribution < -0.4 is 0 Å². The van der Waals surface area contributed by atoms with E-state index in [1.807, 2.05) is 13.8 Å². The third-order valence-corrected chi connectivity index (χ3v) is 5.88. The molecular formula is C15H26O5. The number of rotatable bonds is 1. The van der Waals surface area contributed by atoms with Gasteiger partial charge in [-0.3, -0.25) is 5.26 Å². The number of hydrogen-bond acceptors (Lipinski definition) is 5. The number of ether oxygens (including phenoxy) is 2. The molecule has 0 aromatic carbocycles. The summed E-state index contributed by atoms with van der Waals surface area (Å²) in [4.78, 5) is 5.08. The third kappa shape index (κ3) is 1.95. The van der Waals surface area contributed by atoms with Gasteiger partial charge in [0.05, 0.1) is 6.10 Å². The topological polar surface area (TPSA) is 68.2 Å². The van der Waals surface area contributed by atoms with Gasteiger partial charge in [-0.05, 0) is 45.4 Å². The fourth-order valence-corrected chi connectivity index (χ4v) is 4.54. The van der Waals surface area contributed by atoms with Gasteiger partial charge in [0, 0.05) is 11.8 Å². The highest BCUT2D eigenvalue weighted by Crippen LogP contribution is 2.56. The van der Waals surface area contributed by atoms with Crippen LogP contribution in [-0.4, -0.2) is 34.1 Å². The van der Waals surface area contributed by atoms with E-state index in [1.54, 1.807) is 6.92 Å². The van der Waals surface area contributed by atoms with Gasteiger partial charge in [-0.2, -0.15) is 0 Å². The predicted octanol–water partition coefficient (Wildman–Crippen LogP) is 2.53. The van der Waals surface area contributed by atoms with E-state index in [1.165, 1.54) is 0 Å². The molecule has 2 N–H and O–H groups in total. The van der Waals surface area contributed by atoms with Gasteiger partial charge >= 0.3 is 0 Å². The average molecular weight is 286 g/mol. The van der Waals surface area contributed by atoms with Crippen molar-refractivity contribution >= 4 is 0 Å². The van der Waals surface area contributed by atoms with Gasteiger partial charge in [-0.1, -0.05) is 13.3 Å². The molecular weight excluding hydrogens is 260 g/mol. The third-order valence-electron chi connectivity index (χ3n) is 5.88. The molecule has 0 amide bonds. The van der Waals surface area contributed by atoms with Crippen molar-refractivity contribution in [3.8, 4) is 0 Å². The highest BCUT2D eigenvalue weighted by atomic mass is 17.1. The lowest BCUT2D eigenvalue weighted by Crippen LogP contribution is -2.68. The smallest absolute Gasteiger partial charge is 0.193 e. The van der Waals surface area contributed by atoms with E-state index in [-0.39, 0.29) is 23.9 Å². The zero-order valence-electron chi connectivity index (χ0n) is 12.5. The zero-order valence-corrected chi connectivity index (χ0v) is 12.5. The summed E-state index contributed by atoms with van der Waals surface area (Å²) in [6, 6.07) is 0. The quantitative estimate of drug-likeness (QED) is 0.572. The summed E-state index contributed by atoms with van der Waals surface area (Å²) < 4.78 is 11.8. The second kappa shape index (κ2) is 4.92. The molecule has 20 heavy (non-hydrogen) atoms. The Kier molecular flexibility index (Phi) is 3.62. The van der Waals surface area contributed by atoms with Crippen molar-refractivity contribution in [3.05, 3.63) is 0 Å². The molecule has 3 aliphatic rings. The van der Waals surface area contributed by atoms with Crippen LogP contribution in [0.1, 0.15) is 52.9 Å². The Morgan fingerprint density at radius 3 is 2.60 bits per heavy atom. The van der Waals surface area contributed by atoms with Crippen molar-refractivity contribution in [2.24, 2.45) is 17.8 Å². The SMILES string of the molecule is C[C@@H]1[C@@H]2CCCC3CC[C@H](C)O[C@@H](O[C@]1(C)O)C32OO. The summed E-state index contributed by atoms with van der Waals surface area (Å²) in [5, 5.41) is 20.3. The van der Waals surface area contributed by atoms with E-state index in [4.69, 9.17) is 14.4 Å². The van der Waals surface area contributed by atoms with E-state index in [0.29, 0.717) is 0 Å². The highest BCUT2D eigenvalue weighted by Gasteiger charge is 2.65. The predicted molar refractivity (Wildman–Crippen MR) is 71.7 cm³/mol. The van der Waals surface area contributed by atoms with Crippen LogP contribution in [0.5, 0.6) is 0 Å². The van der Waals surface area contributed by atoms with Gasteiger partial charge in [0.25, 0.3) is 0 Å². The normalized spacial score (nSPS) is 56.0. The monoisotopic (exact) mass is 286 g/mol. The largest absolute Gasteiger partial charge is 0.365 e. The van der Waals surface area contributed by atoms with E-state index in [9.17, 15) is 10.4 Å². The van der Waals surface area contributed by atoms with Gasteiger partial charge < -0.3 is 14.6 Å². The maximum atomic E-state index is 10.5. The number of hydrogen-bond donors (Lipinski definition) is 2. The summed E-state index contributed by atoms with van der Waals surface area (Å²) in [7, 11) is 0. The first-order valence-electron chi connectivity index (χ1n) is 7.80. The van der Waals surface area contributed by atoms with Gasteiger partial charge in [0.15, 0.2) is 17.7 Å². The van der Waals surface area contributed by atoms with E-state index in [2.05, 4.69) is 0 Å². The molecule has 1 aliphatic carbocycles. The molecule has 5 nitrogen and oxygen atoms in total. The Morgan fingerprint density at radius 2 is 1.90 bits per heavy atom. The summed E-state index contributed by atoms with van der Waals surface area (Å²) in [6.07, 6.45) is 4.27. The standard InChI is InChI=1S/C15H26O5/c1-9-7-8-11-5-4-6-12-10(2)14(3,16)19-13(18-9)15(11,12)20-17/h9-13,16-17H,4-8H2,1-3H3/t9-,10+,11?,12-,13-,14-,15?/m0/s1. The van der Waals surface area contributed by atoms with Crippen LogP contribution in [0.4, 0.5) is 0 Å². The Morgan fingerprint density at radius 1 is 1.15 bits per heavy atom. The molecule has 3 fully saturated rings. The van der Waals surface area contributed by atoms with E-state index < -0.39 is 17.7 Å². The Balaban J connectivity index is 2.05. The molecule has 0 radical (unpaired) electrons. The summed E-state index contributed by atoms with van der Waals surface area (Å²) in [6.45, 7) is 5.66. The van der Waals surface area contributed by atoms with Crippen LogP contribution in [-0.2, 0) is 14.4 Å². The fraction of sp³-hybridized carbons (Fsp3) is 1.00. The molecule has 116 valence electrons. The zero-order chi connectivity index (χ0) is 14.5. The summed E-state index contributed by atoms with van der Waals surface area (Å²) in [5.74, 6) is -1.08. The van der Waals surface area contributed by atoms with Crippen LogP contribution in [0, 0.1) is 17.8 Å². The lowest BCUT2D eigenvalue weighted by Gasteiger charge is -2.58. The molecule has 2 aliphatic heterocycles. The first-order chi connectivity index (χ1) is 9.41. The first kappa shape index (κ1) is 14.7. The van der Waals surface area contributed by atoms with Gasteiger partial charge in [0.2, 0.25) is 0 Å². The molecule has 0 bridgehead atoms. The summed E-state index contributed by atoms with van der Waals surface area (Å²) >= 11 is 0. The van der Waals surface area contributed by atoms with Gasteiger partial charge in [-0.15, -0.1) is 0 Å². The van der Waals surface area contributed by atoms with Gasteiger partial charge in [-0.25, -0.2) is 4.89 Å². The van der Waals surface area contributed by atoms with Crippen molar-refractivity contribution in [2.45, 2.75) is 76.7 Å². The van der Waals surface area contributed by atoms with Crippen LogP contribution in [0.15, 0.2) is 0 Å². The fourth-order valence-electron chi connectivity index (χ4n) is 4.54. The minimum atomic E-state index is -1.25. The molecule has 2 saturated heterocycles. The van der Waals surface area contributed by atoms with Crippen molar-refractivity contribution in [2.75, 3.05) is 0 Å². The van der Waals surface area contributed by atoms with Crippen molar-refractivity contribution in [1.29, 1.82) is 0 Å². The lowest BCUT2D eigenvalue weighted by molar-refractivity contribution is -0.472. The molecule has 2 heterocycles. The second-order valence-corrected chi connectivity index (χ2v) is 7.00. The highest BCUT2D eigenvalue weighted by molar-refractivity contribution is 5.07. The molecule has 0 aromatic heterocycles. The molecule has 0 aromatic rings. The molecule has 5 heteroatoms. The maximum absolute atomic E-state index is 10.5. The number of aliphatic hydroxyl groups is 1. The maximum Gasteiger partial charge on any atom is 0.193 e. The molecule has 1 saturated carbocycles. The van der Waals surface area contributed by atoms with Crippen LogP contribution in [0.25, 0.3) is 0 Å². The molecule has 7 atom stereocenters. The summed E-state index contributed by atoms with van der Waals surface area (Å²) in [5.41, 5.74) is -0.829. The van der Waals surface area contributed by atoms with E-state index in [0.717, 1.165) is 32.1 Å². The minimum Gasteiger partial charge on any atom is -0.365 e. The Hall–Kier alpha value is -0.200. The first-order valence-corrected chi connectivity index (χ1v) is 7.80. The average Bonchev–Trinajstić information content (AvgIpc) is 2.54. The van der Waals surface area contributed by atoms with E-state index >= 15 is 0 Å². The molecule has 3 rings (SSSR count). The lowest BCUT2D eigenvalue weighted by atomic mass is 9.60. The minimum absolute atomic E-state index is 0.0440. The second-order valence-electron chi connectivity index (χ2n) is 7.00. The van der Waals surface area contributed by atoms with Crippen molar-refractivity contribution in [1.82, 2.24) is 0 Å². The van der Waals surface area contributed by atoms with Crippen LogP contribution >= 0.6 is 0 Å². The van der Waals surface area contributed by atoms with Crippen LogP contribution in [0.2, 0.25) is 0 Å². The van der Waals surface area contributed by atoms with Crippen molar-refractivity contribution < 1.29 is 24.7 Å². The van der Waals surface area contributed by atoms with Crippen LogP contribution in [0.3, 0.4) is 0 Å². The Labute approximate surface area is 120 Å². The Bertz CT molecular complexity index is 371. The van der Waals surface area contributed by atoms with Gasteiger partial charge in [0.1, 0.15) is 0 Å². The molecule has 2 unspecified atom stereocenters. The van der Waals surface area contributed by atoms with Crippen molar-refractivity contribution in [3.63, 3.8) is 0 Å².